The monoisotopic (exact) mass is 482 g/mol. The molecule has 180 valence electrons. The Hall–Kier alpha value is -3.00. The summed E-state index contributed by atoms with van der Waals surface area (Å²) < 4.78 is 5.53. The summed E-state index contributed by atoms with van der Waals surface area (Å²) in [4.78, 5) is 38.9. The molecule has 2 aromatic rings. The quantitative estimate of drug-likeness (QED) is 0.617. The van der Waals surface area contributed by atoms with E-state index in [2.05, 4.69) is 23.7 Å². The number of nitrogens with one attached hydrogen (secondary N) is 1. The van der Waals surface area contributed by atoms with E-state index >= 15 is 0 Å². The predicted molar refractivity (Wildman–Crippen MR) is 132 cm³/mol. The van der Waals surface area contributed by atoms with Gasteiger partial charge in [0.15, 0.2) is 0 Å². The van der Waals surface area contributed by atoms with Gasteiger partial charge in [0.2, 0.25) is 5.91 Å². The second-order valence-electron chi connectivity index (χ2n) is 8.73. The van der Waals surface area contributed by atoms with Crippen molar-refractivity contribution in [3.8, 4) is 11.1 Å². The van der Waals surface area contributed by atoms with E-state index in [1.165, 1.54) is 0 Å². The zero-order valence-electron chi connectivity index (χ0n) is 19.2. The minimum absolute atomic E-state index is 0.104. The van der Waals surface area contributed by atoms with Crippen LogP contribution in [0.15, 0.2) is 48.5 Å². The number of rotatable bonds is 7. The van der Waals surface area contributed by atoms with Crippen molar-refractivity contribution in [2.24, 2.45) is 0 Å². The molecule has 0 radical (unpaired) electrons. The van der Waals surface area contributed by atoms with Crippen LogP contribution in [0.2, 0.25) is 0 Å². The summed E-state index contributed by atoms with van der Waals surface area (Å²) >= 11 is 1.79. The van der Waals surface area contributed by atoms with E-state index in [1.54, 1.807) is 16.7 Å². The number of carbonyl (C=O) groups excluding carboxylic acids is 2. The molecule has 1 saturated heterocycles. The number of hydrogen-bond acceptors (Lipinski definition) is 5. The number of likely N-dealkylation sites (tertiary alicyclic amines) is 1. The molecule has 8 heteroatoms. The highest BCUT2D eigenvalue weighted by Gasteiger charge is 2.32. The van der Waals surface area contributed by atoms with Crippen LogP contribution in [0.5, 0.6) is 0 Å². The number of fused-ring (bicyclic) bond motifs is 3. The van der Waals surface area contributed by atoms with Gasteiger partial charge < -0.3 is 20.1 Å². The first kappa shape index (κ1) is 24.1. The molecule has 2 aliphatic rings. The summed E-state index contributed by atoms with van der Waals surface area (Å²) in [5.41, 5.74) is 4.41. The summed E-state index contributed by atoms with van der Waals surface area (Å²) in [6, 6.07) is 14.9. The predicted octanol–water partition coefficient (Wildman–Crippen LogP) is 4.11. The normalized spacial score (nSPS) is 18.4. The number of carboxylic acids is 1. The van der Waals surface area contributed by atoms with Gasteiger partial charge in [-0.25, -0.2) is 4.79 Å². The lowest BCUT2D eigenvalue weighted by molar-refractivity contribution is -0.142. The Morgan fingerprint density at radius 3 is 2.32 bits per heavy atom. The highest BCUT2D eigenvalue weighted by Crippen LogP contribution is 2.44. The maximum atomic E-state index is 13.1. The molecule has 2 atom stereocenters. The summed E-state index contributed by atoms with van der Waals surface area (Å²) in [6.07, 6.45) is 3.55. The molecule has 2 amide bonds. The van der Waals surface area contributed by atoms with Crippen LogP contribution in [-0.2, 0) is 14.3 Å². The maximum absolute atomic E-state index is 13.1. The van der Waals surface area contributed by atoms with Gasteiger partial charge in [-0.05, 0) is 47.8 Å². The summed E-state index contributed by atoms with van der Waals surface area (Å²) in [5.74, 6) is -1.62. The fourth-order valence-corrected chi connectivity index (χ4v) is 5.64. The van der Waals surface area contributed by atoms with E-state index in [1.807, 2.05) is 36.4 Å². The number of aliphatic carboxylic acids is 1. The number of nitrogens with zero attached hydrogens (tertiary/aromatic N) is 1. The molecule has 0 spiro atoms. The van der Waals surface area contributed by atoms with Crippen LogP contribution < -0.4 is 5.32 Å². The molecule has 2 unspecified atom stereocenters. The van der Waals surface area contributed by atoms with Crippen LogP contribution in [0.4, 0.5) is 4.79 Å². The Morgan fingerprint density at radius 1 is 1.06 bits per heavy atom. The fraction of sp³-hybridized carbons (Fsp3) is 0.423. The smallest absolute Gasteiger partial charge is 0.407 e. The van der Waals surface area contributed by atoms with Crippen LogP contribution in [0.3, 0.4) is 0 Å². The second kappa shape index (κ2) is 11.0. The Kier molecular flexibility index (Phi) is 7.77. The number of carboxylic acid groups (broad SMARTS) is 1. The number of carbonyl (C=O) groups is 3. The van der Waals surface area contributed by atoms with E-state index in [0.29, 0.717) is 18.3 Å². The molecule has 1 aliphatic heterocycles. The topological polar surface area (TPSA) is 95.9 Å². The van der Waals surface area contributed by atoms with Crippen molar-refractivity contribution in [1.82, 2.24) is 10.2 Å². The molecular weight excluding hydrogens is 452 g/mol. The number of thioether (sulfide) groups is 1. The van der Waals surface area contributed by atoms with Gasteiger partial charge in [0.25, 0.3) is 0 Å². The number of alkyl carbamates (subject to hydrolysis) is 1. The van der Waals surface area contributed by atoms with Crippen LogP contribution in [0, 0.1) is 0 Å². The molecule has 0 aromatic heterocycles. The number of amides is 2. The summed E-state index contributed by atoms with van der Waals surface area (Å²) in [6.45, 7) is 1.23. The van der Waals surface area contributed by atoms with Crippen molar-refractivity contribution < 1.29 is 24.2 Å². The van der Waals surface area contributed by atoms with Crippen molar-refractivity contribution >= 4 is 29.7 Å². The van der Waals surface area contributed by atoms with Gasteiger partial charge >= 0.3 is 12.1 Å². The fourth-order valence-electron chi connectivity index (χ4n) is 4.90. The third-order valence-corrected chi connectivity index (χ3v) is 7.77. The van der Waals surface area contributed by atoms with Crippen LogP contribution in [0.1, 0.15) is 42.7 Å². The molecule has 0 bridgehead atoms. The van der Waals surface area contributed by atoms with Crippen LogP contribution in [-0.4, -0.2) is 65.2 Å². The van der Waals surface area contributed by atoms with Crippen molar-refractivity contribution in [3.05, 3.63) is 59.7 Å². The molecule has 1 fully saturated rings. The SMILES string of the molecule is CSC1CCCN(C(=O)C(CC(=O)O)NC(=O)OCC2c3ccccc3-c3ccccc32)CC1. The third-order valence-electron chi connectivity index (χ3n) is 6.63. The first-order valence-electron chi connectivity index (χ1n) is 11.6. The highest BCUT2D eigenvalue weighted by atomic mass is 32.2. The standard InChI is InChI=1S/C26H30N2O5S/c1-34-17-7-6-13-28(14-12-17)25(31)23(15-24(29)30)27-26(32)33-16-22-20-10-4-2-8-18(20)19-9-3-5-11-21(19)22/h2-5,8-11,17,22-23H,6-7,12-16H2,1H3,(H,27,32)(H,29,30). The van der Waals surface area contributed by atoms with E-state index in [9.17, 15) is 19.5 Å². The minimum atomic E-state index is -1.15. The van der Waals surface area contributed by atoms with Gasteiger partial charge in [0.05, 0.1) is 6.42 Å². The van der Waals surface area contributed by atoms with Gasteiger partial charge in [-0.15, -0.1) is 0 Å². The zero-order valence-corrected chi connectivity index (χ0v) is 20.1. The van der Waals surface area contributed by atoms with E-state index in [-0.39, 0.29) is 18.4 Å². The number of ether oxygens (including phenoxy) is 1. The Labute approximate surface area is 203 Å². The second-order valence-corrected chi connectivity index (χ2v) is 9.87. The minimum Gasteiger partial charge on any atom is -0.481 e. The molecule has 1 heterocycles. The lowest BCUT2D eigenvalue weighted by atomic mass is 9.98. The lowest BCUT2D eigenvalue weighted by Gasteiger charge is -2.26. The summed E-state index contributed by atoms with van der Waals surface area (Å²) in [7, 11) is 0. The number of hydrogen-bond donors (Lipinski definition) is 2. The van der Waals surface area contributed by atoms with Crippen molar-refractivity contribution in [1.29, 1.82) is 0 Å². The maximum Gasteiger partial charge on any atom is 0.407 e. The Balaban J connectivity index is 1.41. The Morgan fingerprint density at radius 2 is 1.71 bits per heavy atom. The van der Waals surface area contributed by atoms with Crippen molar-refractivity contribution in [2.75, 3.05) is 26.0 Å². The molecule has 1 aliphatic carbocycles. The van der Waals surface area contributed by atoms with Crippen LogP contribution >= 0.6 is 11.8 Å². The largest absolute Gasteiger partial charge is 0.481 e. The molecule has 7 nitrogen and oxygen atoms in total. The van der Waals surface area contributed by atoms with Gasteiger partial charge in [-0.3, -0.25) is 9.59 Å². The van der Waals surface area contributed by atoms with Gasteiger partial charge in [0, 0.05) is 24.3 Å². The average molecular weight is 483 g/mol. The van der Waals surface area contributed by atoms with E-state index < -0.39 is 24.5 Å². The van der Waals surface area contributed by atoms with Crippen LogP contribution in [0.25, 0.3) is 11.1 Å². The molecule has 4 rings (SSSR count). The Bertz CT molecular complexity index is 1010. The molecule has 0 saturated carbocycles. The first-order valence-corrected chi connectivity index (χ1v) is 12.9. The molecule has 2 N–H and O–H groups in total. The van der Waals surface area contributed by atoms with E-state index in [0.717, 1.165) is 41.5 Å². The highest BCUT2D eigenvalue weighted by molar-refractivity contribution is 7.99. The van der Waals surface area contributed by atoms with E-state index in [4.69, 9.17) is 4.74 Å². The van der Waals surface area contributed by atoms with Crippen molar-refractivity contribution in [2.45, 2.75) is 42.9 Å². The van der Waals surface area contributed by atoms with Gasteiger partial charge in [-0.1, -0.05) is 48.5 Å². The summed E-state index contributed by atoms with van der Waals surface area (Å²) in [5, 5.41) is 12.4. The lowest BCUT2D eigenvalue weighted by Crippen LogP contribution is -2.50. The third kappa shape index (κ3) is 5.38. The van der Waals surface area contributed by atoms with Gasteiger partial charge in [0.1, 0.15) is 12.6 Å². The van der Waals surface area contributed by atoms with Crippen molar-refractivity contribution in [3.63, 3.8) is 0 Å². The molecular formula is C26H30N2O5S. The molecule has 34 heavy (non-hydrogen) atoms. The van der Waals surface area contributed by atoms with Gasteiger partial charge in [-0.2, -0.15) is 11.8 Å². The average Bonchev–Trinajstić information content (AvgIpc) is 2.97. The zero-order chi connectivity index (χ0) is 24.1. The first-order chi connectivity index (χ1) is 16.5. The number of benzene rings is 2. The molecule has 2 aromatic carbocycles.